The lowest BCUT2D eigenvalue weighted by atomic mass is 10.2. The zero-order chi connectivity index (χ0) is 14.8. The minimum Gasteiger partial charge on any atom is -0.401 e. The molecule has 5 heteroatoms. The average molecular weight is 317 g/mol. The van der Waals surface area contributed by atoms with E-state index in [-0.39, 0.29) is 5.97 Å². The Bertz CT molecular complexity index is 737. The fourth-order valence-electron chi connectivity index (χ4n) is 2.07. The predicted octanol–water partition coefficient (Wildman–Crippen LogP) is 4.25. The number of hydrogen-bond donors (Lipinski definition) is 0. The van der Waals surface area contributed by atoms with E-state index in [0.29, 0.717) is 11.6 Å². The fraction of sp³-hybridized carbons (Fsp3) is 0.250. The molecule has 3 rings (SSSR count). The van der Waals surface area contributed by atoms with Crippen LogP contribution in [0.15, 0.2) is 41.0 Å². The number of carbonyl (C=O) groups excluding carboxylic acids is 1. The second-order valence-corrected chi connectivity index (χ2v) is 7.52. The molecule has 0 saturated carbocycles. The molecule has 2 aromatic rings. The van der Waals surface area contributed by atoms with E-state index < -0.39 is 0 Å². The van der Waals surface area contributed by atoms with Gasteiger partial charge in [0, 0.05) is 14.6 Å². The number of esters is 1. The summed E-state index contributed by atoms with van der Waals surface area (Å²) >= 11 is 3.37. The van der Waals surface area contributed by atoms with Crippen LogP contribution in [-0.2, 0) is 16.0 Å². The minimum absolute atomic E-state index is 0.349. The van der Waals surface area contributed by atoms with Crippen LogP contribution in [0.4, 0.5) is 0 Å². The summed E-state index contributed by atoms with van der Waals surface area (Å²) in [6.45, 7) is 4.12. The number of carbonyl (C=O) groups is 1. The van der Waals surface area contributed by atoms with Crippen LogP contribution in [0, 0.1) is 13.8 Å². The third-order valence-electron chi connectivity index (χ3n) is 3.10. The molecule has 0 amide bonds. The molecule has 2 aromatic heterocycles. The van der Waals surface area contributed by atoms with Gasteiger partial charge < -0.3 is 4.74 Å². The Morgan fingerprint density at radius 2 is 1.90 bits per heavy atom. The fourth-order valence-corrected chi connectivity index (χ4v) is 3.77. The van der Waals surface area contributed by atoms with Gasteiger partial charge in [-0.25, -0.2) is 9.79 Å². The van der Waals surface area contributed by atoms with E-state index in [1.165, 1.54) is 14.6 Å². The van der Waals surface area contributed by atoms with Crippen LogP contribution in [0.5, 0.6) is 0 Å². The van der Waals surface area contributed by atoms with Gasteiger partial charge in [-0.1, -0.05) is 6.08 Å². The third-order valence-corrected chi connectivity index (χ3v) is 5.15. The van der Waals surface area contributed by atoms with E-state index in [1.54, 1.807) is 22.7 Å². The summed E-state index contributed by atoms with van der Waals surface area (Å²) in [5.74, 6) is 0.0785. The molecule has 0 saturated heterocycles. The van der Waals surface area contributed by atoms with Gasteiger partial charge in [0.05, 0.1) is 4.88 Å². The maximum Gasteiger partial charge on any atom is 0.363 e. The number of rotatable bonds is 4. The second kappa shape index (κ2) is 5.95. The van der Waals surface area contributed by atoms with Gasteiger partial charge in [-0.2, -0.15) is 0 Å². The summed E-state index contributed by atoms with van der Waals surface area (Å²) in [5, 5.41) is 0. The molecular formula is C16H15NO2S2. The van der Waals surface area contributed by atoms with Crippen molar-refractivity contribution in [2.24, 2.45) is 4.99 Å². The molecule has 0 spiro atoms. The number of aliphatic imine (C=N–C) groups is 1. The van der Waals surface area contributed by atoms with E-state index in [2.05, 4.69) is 24.0 Å². The first-order chi connectivity index (χ1) is 10.1. The Balaban J connectivity index is 1.68. The van der Waals surface area contributed by atoms with Crippen molar-refractivity contribution in [2.45, 2.75) is 26.7 Å². The maximum absolute atomic E-state index is 11.8. The van der Waals surface area contributed by atoms with Gasteiger partial charge in [0.15, 0.2) is 0 Å². The van der Waals surface area contributed by atoms with E-state index in [0.717, 1.165) is 17.7 Å². The van der Waals surface area contributed by atoms with Crippen LogP contribution in [-0.4, -0.2) is 11.9 Å². The lowest BCUT2D eigenvalue weighted by Crippen LogP contribution is -2.03. The minimum atomic E-state index is -0.349. The van der Waals surface area contributed by atoms with Gasteiger partial charge in [-0.3, -0.25) is 0 Å². The number of allylic oxidation sites excluding steroid dienone is 1. The van der Waals surface area contributed by atoms with Crippen LogP contribution in [0.25, 0.3) is 0 Å². The zero-order valence-electron chi connectivity index (χ0n) is 11.9. The SMILES string of the molecule is Cc1ccc(CC/C=C2\N=C(c3ccc(C)s3)OC2=O)s1. The van der Waals surface area contributed by atoms with Crippen molar-refractivity contribution in [2.75, 3.05) is 0 Å². The lowest BCUT2D eigenvalue weighted by molar-refractivity contribution is -0.130. The number of cyclic esters (lactones) is 1. The summed E-state index contributed by atoms with van der Waals surface area (Å²) in [7, 11) is 0. The molecule has 0 fully saturated rings. The predicted molar refractivity (Wildman–Crippen MR) is 87.1 cm³/mol. The van der Waals surface area contributed by atoms with Gasteiger partial charge in [0.2, 0.25) is 5.90 Å². The first-order valence-electron chi connectivity index (χ1n) is 6.75. The highest BCUT2D eigenvalue weighted by Crippen LogP contribution is 2.23. The number of nitrogens with zero attached hydrogens (tertiary/aromatic N) is 1. The van der Waals surface area contributed by atoms with E-state index in [4.69, 9.17) is 4.74 Å². The molecule has 0 bridgehead atoms. The van der Waals surface area contributed by atoms with Crippen molar-refractivity contribution < 1.29 is 9.53 Å². The van der Waals surface area contributed by atoms with Gasteiger partial charge >= 0.3 is 5.97 Å². The Kier molecular flexibility index (Phi) is 4.03. The van der Waals surface area contributed by atoms with Gasteiger partial charge in [0.25, 0.3) is 0 Å². The lowest BCUT2D eigenvalue weighted by Gasteiger charge is -1.93. The smallest absolute Gasteiger partial charge is 0.363 e. The van der Waals surface area contributed by atoms with Gasteiger partial charge in [-0.15, -0.1) is 22.7 Å². The number of thiophene rings is 2. The first-order valence-corrected chi connectivity index (χ1v) is 8.38. The Labute approximate surface area is 131 Å². The highest BCUT2D eigenvalue weighted by atomic mass is 32.1. The van der Waals surface area contributed by atoms with E-state index >= 15 is 0 Å². The van der Waals surface area contributed by atoms with Crippen molar-refractivity contribution in [3.05, 3.63) is 55.5 Å². The highest BCUT2D eigenvalue weighted by Gasteiger charge is 2.24. The van der Waals surface area contributed by atoms with Gasteiger partial charge in [0.1, 0.15) is 5.70 Å². The van der Waals surface area contributed by atoms with Crippen LogP contribution in [0.1, 0.15) is 25.9 Å². The highest BCUT2D eigenvalue weighted by molar-refractivity contribution is 7.14. The number of ether oxygens (including phenoxy) is 1. The quantitative estimate of drug-likeness (QED) is 0.625. The molecule has 108 valence electrons. The van der Waals surface area contributed by atoms with Crippen LogP contribution in [0.3, 0.4) is 0 Å². The number of aryl methyl sites for hydroxylation is 3. The van der Waals surface area contributed by atoms with E-state index in [1.807, 2.05) is 25.1 Å². The summed E-state index contributed by atoms with van der Waals surface area (Å²) in [5.41, 5.74) is 0.421. The van der Waals surface area contributed by atoms with Crippen LogP contribution < -0.4 is 0 Å². The van der Waals surface area contributed by atoms with Gasteiger partial charge in [-0.05, 0) is 51.0 Å². The van der Waals surface area contributed by atoms with Crippen LogP contribution >= 0.6 is 22.7 Å². The normalized spacial score (nSPS) is 16.4. The maximum atomic E-state index is 11.8. The third kappa shape index (κ3) is 3.31. The second-order valence-electron chi connectivity index (χ2n) is 4.86. The molecule has 0 unspecified atom stereocenters. The molecule has 0 aliphatic carbocycles. The first kappa shape index (κ1) is 14.2. The van der Waals surface area contributed by atoms with Crippen molar-refractivity contribution >= 4 is 34.5 Å². The summed E-state index contributed by atoms with van der Waals surface area (Å²) in [4.78, 5) is 20.8. The standard InChI is InChI=1S/C16H15NO2S2/c1-10-6-8-12(20-10)4-3-5-13-16(18)19-15(17-13)14-9-7-11(2)21-14/h5-9H,3-4H2,1-2H3/b13-5-. The largest absolute Gasteiger partial charge is 0.401 e. The Morgan fingerprint density at radius 1 is 1.14 bits per heavy atom. The summed E-state index contributed by atoms with van der Waals surface area (Å²) in [6, 6.07) is 8.18. The van der Waals surface area contributed by atoms with E-state index in [9.17, 15) is 4.79 Å². The Morgan fingerprint density at radius 3 is 2.57 bits per heavy atom. The summed E-state index contributed by atoms with van der Waals surface area (Å²) < 4.78 is 5.24. The average Bonchev–Trinajstić information content (AvgIpc) is 3.12. The number of hydrogen-bond acceptors (Lipinski definition) is 5. The molecule has 3 heterocycles. The molecule has 3 nitrogen and oxygen atoms in total. The Hall–Kier alpha value is -1.72. The van der Waals surface area contributed by atoms with Crippen molar-refractivity contribution in [1.82, 2.24) is 0 Å². The molecule has 0 N–H and O–H groups in total. The van der Waals surface area contributed by atoms with Crippen molar-refractivity contribution in [3.8, 4) is 0 Å². The molecule has 0 aromatic carbocycles. The van der Waals surface area contributed by atoms with Crippen LogP contribution in [0.2, 0.25) is 0 Å². The molecule has 0 atom stereocenters. The topological polar surface area (TPSA) is 38.7 Å². The monoisotopic (exact) mass is 317 g/mol. The molecule has 0 radical (unpaired) electrons. The zero-order valence-corrected chi connectivity index (χ0v) is 13.5. The van der Waals surface area contributed by atoms with Crippen molar-refractivity contribution in [3.63, 3.8) is 0 Å². The molecule has 1 aliphatic rings. The van der Waals surface area contributed by atoms with Crippen molar-refractivity contribution in [1.29, 1.82) is 0 Å². The molecule has 1 aliphatic heterocycles. The summed E-state index contributed by atoms with van der Waals surface area (Å²) in [6.07, 6.45) is 3.59. The molecule has 21 heavy (non-hydrogen) atoms. The molecular weight excluding hydrogens is 302 g/mol.